The van der Waals surface area contributed by atoms with Crippen LogP contribution in [0.3, 0.4) is 0 Å². The highest BCUT2D eigenvalue weighted by molar-refractivity contribution is 7.88. The predicted molar refractivity (Wildman–Crippen MR) is 78.5 cm³/mol. The highest BCUT2D eigenvalue weighted by Gasteiger charge is 2.13. The lowest BCUT2D eigenvalue weighted by Crippen LogP contribution is -2.32. The molecule has 21 heavy (non-hydrogen) atoms. The van der Waals surface area contributed by atoms with Crippen LogP contribution in [0.2, 0.25) is 0 Å². The van der Waals surface area contributed by atoms with Crippen molar-refractivity contribution in [3.05, 3.63) is 23.7 Å². The molecular weight excluding hydrogens is 296 g/mol. The van der Waals surface area contributed by atoms with Crippen LogP contribution in [0.15, 0.2) is 16.7 Å². The number of hydrogen-bond donors (Lipinski definition) is 1. The van der Waals surface area contributed by atoms with Crippen molar-refractivity contribution >= 4 is 16.0 Å². The molecule has 1 aromatic heterocycles. The maximum atomic E-state index is 11.4. The third kappa shape index (κ3) is 5.86. The van der Waals surface area contributed by atoms with Crippen LogP contribution in [0, 0.1) is 0 Å². The van der Waals surface area contributed by atoms with Crippen LogP contribution in [-0.4, -0.2) is 51.7 Å². The van der Waals surface area contributed by atoms with E-state index in [1.54, 1.807) is 6.07 Å². The zero-order valence-corrected chi connectivity index (χ0v) is 13.4. The van der Waals surface area contributed by atoms with Gasteiger partial charge in [-0.3, -0.25) is 0 Å². The Labute approximate surface area is 125 Å². The van der Waals surface area contributed by atoms with Crippen LogP contribution in [0.25, 0.3) is 0 Å². The number of nitrogens with one attached hydrogen (secondary N) is 1. The van der Waals surface area contributed by atoms with E-state index in [2.05, 4.69) is 10.1 Å². The SMILES string of the molecule is CCN(CCCNCc1cc(C(=O)OC)co1)S(C)(=O)=O. The number of esters is 1. The fourth-order valence-corrected chi connectivity index (χ4v) is 2.78. The lowest BCUT2D eigenvalue weighted by Gasteiger charge is -2.17. The third-order valence-electron chi connectivity index (χ3n) is 2.96. The van der Waals surface area contributed by atoms with Crippen molar-refractivity contribution in [2.75, 3.05) is 33.0 Å². The molecule has 0 atom stereocenters. The molecule has 0 bridgehead atoms. The molecule has 7 nitrogen and oxygen atoms in total. The number of methoxy groups -OCH3 is 1. The van der Waals surface area contributed by atoms with E-state index in [1.165, 1.54) is 23.9 Å². The minimum absolute atomic E-state index is 0.378. The molecule has 1 aromatic rings. The van der Waals surface area contributed by atoms with Crippen LogP contribution in [0.4, 0.5) is 0 Å². The first-order valence-electron chi connectivity index (χ1n) is 6.70. The van der Waals surface area contributed by atoms with E-state index in [0.717, 1.165) is 0 Å². The van der Waals surface area contributed by atoms with E-state index in [-0.39, 0.29) is 0 Å². The van der Waals surface area contributed by atoms with Gasteiger partial charge in [-0.2, -0.15) is 0 Å². The Bertz CT molecular complexity index is 553. The number of carbonyl (C=O) groups is 1. The van der Waals surface area contributed by atoms with E-state index in [4.69, 9.17) is 4.42 Å². The summed E-state index contributed by atoms with van der Waals surface area (Å²) in [7, 11) is -1.81. The minimum Gasteiger partial charge on any atom is -0.467 e. The third-order valence-corrected chi connectivity index (χ3v) is 4.34. The monoisotopic (exact) mass is 318 g/mol. The Morgan fingerprint density at radius 3 is 2.76 bits per heavy atom. The number of rotatable bonds is 9. The van der Waals surface area contributed by atoms with Crippen LogP contribution < -0.4 is 5.32 Å². The van der Waals surface area contributed by atoms with Crippen LogP contribution in [0.5, 0.6) is 0 Å². The van der Waals surface area contributed by atoms with Crippen LogP contribution >= 0.6 is 0 Å². The standard InChI is InChI=1S/C13H22N2O5S/c1-4-15(21(3,17)18)7-5-6-14-9-12-8-11(10-20-12)13(16)19-2/h8,10,14H,4-7,9H2,1-3H3. The number of hydrogen-bond acceptors (Lipinski definition) is 6. The molecule has 0 amide bonds. The van der Waals surface area contributed by atoms with E-state index < -0.39 is 16.0 Å². The van der Waals surface area contributed by atoms with E-state index in [9.17, 15) is 13.2 Å². The Hall–Kier alpha value is -1.38. The van der Waals surface area contributed by atoms with Gasteiger partial charge in [0.2, 0.25) is 10.0 Å². The molecule has 0 aliphatic heterocycles. The van der Waals surface area contributed by atoms with Gasteiger partial charge in [0.1, 0.15) is 12.0 Å². The zero-order valence-electron chi connectivity index (χ0n) is 12.6. The molecule has 0 saturated carbocycles. The topological polar surface area (TPSA) is 88.8 Å². The maximum absolute atomic E-state index is 11.4. The Balaban J connectivity index is 2.28. The second kappa shape index (κ2) is 8.16. The van der Waals surface area contributed by atoms with Crippen molar-refractivity contribution in [3.8, 4) is 0 Å². The average Bonchev–Trinajstić information content (AvgIpc) is 2.89. The zero-order chi connectivity index (χ0) is 15.9. The van der Waals surface area contributed by atoms with E-state index in [1.807, 2.05) is 6.92 Å². The van der Waals surface area contributed by atoms with Gasteiger partial charge in [0.05, 0.1) is 25.5 Å². The molecule has 0 aliphatic rings. The molecule has 0 fully saturated rings. The Kier molecular flexibility index (Phi) is 6.86. The van der Waals surface area contributed by atoms with Gasteiger partial charge in [0.25, 0.3) is 0 Å². The van der Waals surface area contributed by atoms with Gasteiger partial charge in [-0.25, -0.2) is 17.5 Å². The summed E-state index contributed by atoms with van der Waals surface area (Å²) < 4.78 is 34.0. The van der Waals surface area contributed by atoms with Crippen molar-refractivity contribution in [3.63, 3.8) is 0 Å². The van der Waals surface area contributed by atoms with Crippen molar-refractivity contribution in [2.45, 2.75) is 19.9 Å². The molecule has 0 saturated heterocycles. The summed E-state index contributed by atoms with van der Waals surface area (Å²) in [4.78, 5) is 11.2. The van der Waals surface area contributed by atoms with Crippen LogP contribution in [0.1, 0.15) is 29.5 Å². The first-order chi connectivity index (χ1) is 9.88. The number of furan rings is 1. The molecule has 1 N–H and O–H groups in total. The highest BCUT2D eigenvalue weighted by atomic mass is 32.2. The minimum atomic E-state index is -3.13. The Morgan fingerprint density at radius 2 is 2.19 bits per heavy atom. The molecule has 0 radical (unpaired) electrons. The maximum Gasteiger partial charge on any atom is 0.341 e. The molecular formula is C13H22N2O5S. The molecule has 0 aromatic carbocycles. The summed E-state index contributed by atoms with van der Waals surface area (Å²) in [6.07, 6.45) is 3.26. The Morgan fingerprint density at radius 1 is 1.48 bits per heavy atom. The highest BCUT2D eigenvalue weighted by Crippen LogP contribution is 2.08. The van der Waals surface area contributed by atoms with Gasteiger partial charge >= 0.3 is 5.97 Å². The summed E-state index contributed by atoms with van der Waals surface area (Å²) in [6, 6.07) is 1.62. The fourth-order valence-electron chi connectivity index (χ4n) is 1.85. The van der Waals surface area contributed by atoms with E-state index in [0.29, 0.717) is 43.9 Å². The summed E-state index contributed by atoms with van der Waals surface area (Å²) in [5.41, 5.74) is 0.378. The van der Waals surface area contributed by atoms with Gasteiger partial charge in [-0.1, -0.05) is 6.92 Å². The normalized spacial score (nSPS) is 11.8. The quantitative estimate of drug-likeness (QED) is 0.536. The number of sulfonamides is 1. The van der Waals surface area contributed by atoms with Crippen molar-refractivity contribution in [1.29, 1.82) is 0 Å². The molecule has 1 heterocycles. The molecule has 120 valence electrons. The first-order valence-corrected chi connectivity index (χ1v) is 8.55. The smallest absolute Gasteiger partial charge is 0.341 e. The number of nitrogens with zero attached hydrogens (tertiary/aromatic N) is 1. The van der Waals surface area contributed by atoms with Crippen LogP contribution in [-0.2, 0) is 21.3 Å². The summed E-state index contributed by atoms with van der Waals surface area (Å²) in [5, 5.41) is 3.14. The summed E-state index contributed by atoms with van der Waals surface area (Å²) in [5.74, 6) is 0.197. The fraction of sp³-hybridized carbons (Fsp3) is 0.615. The lowest BCUT2D eigenvalue weighted by molar-refractivity contribution is 0.0600. The summed E-state index contributed by atoms with van der Waals surface area (Å²) >= 11 is 0. The number of ether oxygens (including phenoxy) is 1. The largest absolute Gasteiger partial charge is 0.467 e. The first kappa shape index (κ1) is 17.7. The lowest BCUT2D eigenvalue weighted by atomic mass is 10.3. The summed E-state index contributed by atoms with van der Waals surface area (Å²) in [6.45, 7) is 3.89. The van der Waals surface area contributed by atoms with Crippen molar-refractivity contribution in [2.24, 2.45) is 0 Å². The molecule has 8 heteroatoms. The van der Waals surface area contributed by atoms with Gasteiger partial charge in [-0.05, 0) is 19.0 Å². The van der Waals surface area contributed by atoms with Gasteiger partial charge in [0.15, 0.2) is 0 Å². The number of carbonyl (C=O) groups excluding carboxylic acids is 1. The van der Waals surface area contributed by atoms with Crippen molar-refractivity contribution < 1.29 is 22.4 Å². The second-order valence-corrected chi connectivity index (χ2v) is 6.56. The molecule has 0 aliphatic carbocycles. The van der Waals surface area contributed by atoms with Gasteiger partial charge in [-0.15, -0.1) is 0 Å². The molecule has 1 rings (SSSR count). The van der Waals surface area contributed by atoms with Gasteiger partial charge < -0.3 is 14.5 Å². The molecule has 0 spiro atoms. The van der Waals surface area contributed by atoms with Crippen molar-refractivity contribution in [1.82, 2.24) is 9.62 Å². The van der Waals surface area contributed by atoms with E-state index >= 15 is 0 Å². The average molecular weight is 318 g/mol. The van der Waals surface area contributed by atoms with Gasteiger partial charge in [0, 0.05) is 13.1 Å². The predicted octanol–water partition coefficient (Wildman–Crippen LogP) is 0.827. The molecule has 0 unspecified atom stereocenters. The second-order valence-electron chi connectivity index (χ2n) is 4.58.